The van der Waals surface area contributed by atoms with Gasteiger partial charge in [0.25, 0.3) is 0 Å². The third-order valence-corrected chi connectivity index (χ3v) is 2.98. The van der Waals surface area contributed by atoms with E-state index in [0.29, 0.717) is 19.8 Å². The fraction of sp³-hybridized carbons (Fsp3) is 0.909. The summed E-state index contributed by atoms with van der Waals surface area (Å²) in [6.45, 7) is 10.4. The van der Waals surface area contributed by atoms with Crippen LogP contribution in [0.15, 0.2) is 0 Å². The zero-order valence-corrected chi connectivity index (χ0v) is 10.0. The number of carbonyl (C=O) groups is 1. The highest BCUT2D eigenvalue weighted by Crippen LogP contribution is 2.25. The number of ether oxygens (including phenoxy) is 1. The highest BCUT2D eigenvalue weighted by atomic mass is 16.5. The van der Waals surface area contributed by atoms with Gasteiger partial charge in [-0.3, -0.25) is 9.69 Å². The zero-order valence-electron chi connectivity index (χ0n) is 10.0. The minimum atomic E-state index is -0.746. The van der Waals surface area contributed by atoms with Crippen molar-refractivity contribution in [1.29, 1.82) is 0 Å². The molecule has 1 rings (SSSR count). The van der Waals surface area contributed by atoms with E-state index in [4.69, 9.17) is 9.84 Å². The molecule has 88 valence electrons. The molecule has 0 saturated carbocycles. The quantitative estimate of drug-likeness (QED) is 0.768. The molecule has 0 bridgehead atoms. The lowest BCUT2D eigenvalue weighted by Crippen LogP contribution is -2.56. The molecule has 0 aromatic carbocycles. The molecule has 1 heterocycles. The summed E-state index contributed by atoms with van der Waals surface area (Å²) >= 11 is 0. The average Bonchev–Trinajstić information content (AvgIpc) is 2.08. The molecule has 0 unspecified atom stereocenters. The second-order valence-corrected chi connectivity index (χ2v) is 5.48. The first-order valence-electron chi connectivity index (χ1n) is 5.32. The number of hydrogen-bond acceptors (Lipinski definition) is 3. The summed E-state index contributed by atoms with van der Waals surface area (Å²) in [5.74, 6) is -0.746. The Balaban J connectivity index is 2.67. The molecule has 1 aliphatic rings. The summed E-state index contributed by atoms with van der Waals surface area (Å²) in [6, 6.07) is 0. The zero-order chi connectivity index (χ0) is 11.7. The van der Waals surface area contributed by atoms with Gasteiger partial charge in [-0.2, -0.15) is 0 Å². The monoisotopic (exact) mass is 215 g/mol. The molecule has 0 atom stereocenters. The molecule has 4 heteroatoms. The van der Waals surface area contributed by atoms with Gasteiger partial charge in [-0.1, -0.05) is 0 Å². The molecule has 15 heavy (non-hydrogen) atoms. The predicted molar refractivity (Wildman–Crippen MR) is 57.9 cm³/mol. The van der Waals surface area contributed by atoms with Crippen molar-refractivity contribution >= 4 is 5.97 Å². The summed E-state index contributed by atoms with van der Waals surface area (Å²) in [6.07, 6.45) is 0. The van der Waals surface area contributed by atoms with Crippen molar-refractivity contribution < 1.29 is 14.6 Å². The van der Waals surface area contributed by atoms with Crippen LogP contribution in [0.5, 0.6) is 0 Å². The average molecular weight is 215 g/mol. The van der Waals surface area contributed by atoms with Gasteiger partial charge in [-0.25, -0.2) is 0 Å². The summed E-state index contributed by atoms with van der Waals surface area (Å²) in [7, 11) is 0. The van der Waals surface area contributed by atoms with Gasteiger partial charge >= 0.3 is 5.97 Å². The molecule has 1 saturated heterocycles. The highest BCUT2D eigenvalue weighted by molar-refractivity contribution is 5.73. The maximum atomic E-state index is 11.0. The van der Waals surface area contributed by atoms with Crippen molar-refractivity contribution in [3.63, 3.8) is 0 Å². The molecule has 0 aromatic heterocycles. The number of carboxylic acids is 1. The maximum Gasteiger partial charge on any atom is 0.310 e. The lowest BCUT2D eigenvalue weighted by Gasteiger charge is -2.44. The van der Waals surface area contributed by atoms with Gasteiger partial charge in [0.1, 0.15) is 0 Å². The number of rotatable bonds is 3. The van der Waals surface area contributed by atoms with Crippen molar-refractivity contribution in [2.45, 2.75) is 33.2 Å². The van der Waals surface area contributed by atoms with Crippen LogP contribution in [-0.4, -0.2) is 47.8 Å². The van der Waals surface area contributed by atoms with Crippen LogP contribution in [0.4, 0.5) is 0 Å². The van der Waals surface area contributed by atoms with E-state index in [1.54, 1.807) is 13.8 Å². The van der Waals surface area contributed by atoms with Crippen molar-refractivity contribution in [3.8, 4) is 0 Å². The summed E-state index contributed by atoms with van der Waals surface area (Å²) in [5.41, 5.74) is -0.764. The van der Waals surface area contributed by atoms with E-state index in [1.165, 1.54) is 0 Å². The van der Waals surface area contributed by atoms with E-state index < -0.39 is 11.4 Å². The summed E-state index contributed by atoms with van der Waals surface area (Å²) in [4.78, 5) is 13.2. The Morgan fingerprint density at radius 3 is 2.60 bits per heavy atom. The van der Waals surface area contributed by atoms with Crippen molar-refractivity contribution in [1.82, 2.24) is 4.90 Å². The molecule has 0 aromatic rings. The van der Waals surface area contributed by atoms with Crippen molar-refractivity contribution in [2.24, 2.45) is 5.41 Å². The van der Waals surface area contributed by atoms with Gasteiger partial charge < -0.3 is 9.84 Å². The molecular weight excluding hydrogens is 194 g/mol. The molecule has 1 N–H and O–H groups in total. The molecule has 0 amide bonds. The molecule has 1 aliphatic heterocycles. The summed E-state index contributed by atoms with van der Waals surface area (Å²) < 4.78 is 5.40. The number of carboxylic acid groups (broad SMARTS) is 1. The number of hydrogen-bond donors (Lipinski definition) is 1. The van der Waals surface area contributed by atoms with Gasteiger partial charge in [0.05, 0.1) is 18.6 Å². The first-order chi connectivity index (χ1) is 6.76. The van der Waals surface area contributed by atoms with Gasteiger partial charge in [-0.05, 0) is 27.7 Å². The fourth-order valence-corrected chi connectivity index (χ4v) is 1.73. The van der Waals surface area contributed by atoms with Gasteiger partial charge in [0.2, 0.25) is 0 Å². The van der Waals surface area contributed by atoms with E-state index in [0.717, 1.165) is 6.54 Å². The number of nitrogens with zero attached hydrogens (tertiary/aromatic N) is 1. The topological polar surface area (TPSA) is 49.8 Å². The normalized spacial score (nSPS) is 22.7. The minimum absolute atomic E-state index is 0.0645. The Hall–Kier alpha value is -0.610. The Labute approximate surface area is 91.2 Å². The molecule has 0 aliphatic carbocycles. The lowest BCUT2D eigenvalue weighted by atomic mass is 9.90. The lowest BCUT2D eigenvalue weighted by molar-refractivity contribution is -0.150. The number of aliphatic carboxylic acids is 1. The van der Waals surface area contributed by atoms with Crippen LogP contribution in [-0.2, 0) is 9.53 Å². The third kappa shape index (κ3) is 2.92. The predicted octanol–water partition coefficient (Wildman–Crippen LogP) is 1.21. The highest BCUT2D eigenvalue weighted by Gasteiger charge is 2.37. The first-order valence-corrected chi connectivity index (χ1v) is 5.32. The molecule has 1 fully saturated rings. The Kier molecular flexibility index (Phi) is 3.41. The Morgan fingerprint density at radius 2 is 2.13 bits per heavy atom. The van der Waals surface area contributed by atoms with Gasteiger partial charge in [0, 0.05) is 18.6 Å². The van der Waals surface area contributed by atoms with Crippen LogP contribution in [0.1, 0.15) is 27.7 Å². The Morgan fingerprint density at radius 1 is 1.53 bits per heavy atom. The molecule has 0 spiro atoms. The maximum absolute atomic E-state index is 11.0. The standard InChI is InChI=1S/C11H21NO3/c1-10(2,9(13)14)7-12-5-6-15-8-11(12,3)4/h5-8H2,1-4H3,(H,13,14). The van der Waals surface area contributed by atoms with Crippen LogP contribution in [0.25, 0.3) is 0 Å². The van der Waals surface area contributed by atoms with E-state index in [2.05, 4.69) is 18.7 Å². The molecular formula is C11H21NO3. The SMILES string of the molecule is CC(C)(CN1CCOCC1(C)C)C(=O)O. The number of morpholine rings is 1. The third-order valence-electron chi connectivity index (χ3n) is 2.98. The van der Waals surface area contributed by atoms with E-state index in [1.807, 2.05) is 0 Å². The van der Waals surface area contributed by atoms with Crippen LogP contribution in [0.2, 0.25) is 0 Å². The Bertz CT molecular complexity index is 248. The summed E-state index contributed by atoms with van der Waals surface area (Å²) in [5, 5.41) is 9.08. The van der Waals surface area contributed by atoms with Crippen LogP contribution in [0, 0.1) is 5.41 Å². The smallest absolute Gasteiger partial charge is 0.310 e. The molecule has 4 nitrogen and oxygen atoms in total. The van der Waals surface area contributed by atoms with Crippen LogP contribution >= 0.6 is 0 Å². The van der Waals surface area contributed by atoms with E-state index in [-0.39, 0.29) is 5.54 Å². The van der Waals surface area contributed by atoms with E-state index >= 15 is 0 Å². The molecule has 0 radical (unpaired) electrons. The van der Waals surface area contributed by atoms with E-state index in [9.17, 15) is 4.79 Å². The second kappa shape index (κ2) is 4.10. The largest absolute Gasteiger partial charge is 0.481 e. The van der Waals surface area contributed by atoms with Crippen LogP contribution in [0.3, 0.4) is 0 Å². The fourth-order valence-electron chi connectivity index (χ4n) is 1.73. The second-order valence-electron chi connectivity index (χ2n) is 5.48. The minimum Gasteiger partial charge on any atom is -0.481 e. The van der Waals surface area contributed by atoms with Crippen LogP contribution < -0.4 is 0 Å². The first kappa shape index (κ1) is 12.5. The van der Waals surface area contributed by atoms with Crippen molar-refractivity contribution in [2.75, 3.05) is 26.3 Å². The van der Waals surface area contributed by atoms with Crippen molar-refractivity contribution in [3.05, 3.63) is 0 Å². The van der Waals surface area contributed by atoms with Gasteiger partial charge in [0.15, 0.2) is 0 Å². The van der Waals surface area contributed by atoms with Gasteiger partial charge in [-0.15, -0.1) is 0 Å².